The number of aromatic amines is 1. The molecule has 136 valence electrons. The fourth-order valence-electron chi connectivity index (χ4n) is 3.52. The predicted octanol–water partition coefficient (Wildman–Crippen LogP) is 3.96. The van der Waals surface area contributed by atoms with Crippen LogP contribution in [-0.2, 0) is 9.63 Å². The van der Waals surface area contributed by atoms with Crippen molar-refractivity contribution in [2.45, 2.75) is 37.7 Å². The highest BCUT2D eigenvalue weighted by molar-refractivity contribution is 6.06. The van der Waals surface area contributed by atoms with Gasteiger partial charge in [-0.25, -0.2) is 4.98 Å². The second-order valence-corrected chi connectivity index (χ2v) is 7.17. The van der Waals surface area contributed by atoms with E-state index in [1.54, 1.807) is 0 Å². The third kappa shape index (κ3) is 3.07. The maximum atomic E-state index is 12.6. The monoisotopic (exact) mass is 360 g/mol. The van der Waals surface area contributed by atoms with Gasteiger partial charge in [0.05, 0.1) is 16.7 Å². The summed E-state index contributed by atoms with van der Waals surface area (Å²) in [5.41, 5.74) is 4.39. The Kier molecular flexibility index (Phi) is 3.89. The van der Waals surface area contributed by atoms with Crippen LogP contribution >= 0.6 is 0 Å². The Balaban J connectivity index is 1.27. The Morgan fingerprint density at radius 3 is 2.78 bits per heavy atom. The molecule has 6 heteroatoms. The van der Waals surface area contributed by atoms with Gasteiger partial charge in [0.15, 0.2) is 0 Å². The summed E-state index contributed by atoms with van der Waals surface area (Å²) in [5, 5.41) is 7.01. The molecule has 0 saturated heterocycles. The van der Waals surface area contributed by atoms with E-state index in [2.05, 4.69) is 20.4 Å². The highest BCUT2D eigenvalue weighted by Crippen LogP contribution is 2.35. The molecule has 3 aromatic rings. The van der Waals surface area contributed by atoms with Crippen LogP contribution in [0.25, 0.3) is 11.0 Å². The van der Waals surface area contributed by atoms with Gasteiger partial charge in [0.25, 0.3) is 5.91 Å². The van der Waals surface area contributed by atoms with Crippen LogP contribution in [-0.4, -0.2) is 27.7 Å². The summed E-state index contributed by atoms with van der Waals surface area (Å²) < 4.78 is 0. The Bertz CT molecular complexity index is 1020. The lowest BCUT2D eigenvalue weighted by Crippen LogP contribution is -2.28. The summed E-state index contributed by atoms with van der Waals surface area (Å²) in [6, 6.07) is 15.5. The van der Waals surface area contributed by atoms with Crippen LogP contribution in [0.2, 0.25) is 0 Å². The van der Waals surface area contributed by atoms with E-state index in [0.29, 0.717) is 12.3 Å². The number of nitrogens with one attached hydrogen (secondary N) is 2. The smallest absolute Gasteiger partial charge is 0.268 e. The zero-order valence-corrected chi connectivity index (χ0v) is 14.8. The van der Waals surface area contributed by atoms with Crippen LogP contribution in [0.15, 0.2) is 53.7 Å². The number of rotatable bonds is 4. The zero-order valence-electron chi connectivity index (χ0n) is 14.8. The number of imidazole rings is 1. The van der Waals surface area contributed by atoms with Crippen molar-refractivity contribution in [3.8, 4) is 0 Å². The van der Waals surface area contributed by atoms with E-state index in [-0.39, 0.29) is 5.91 Å². The first-order valence-electron chi connectivity index (χ1n) is 9.35. The van der Waals surface area contributed by atoms with Crippen LogP contribution < -0.4 is 5.32 Å². The van der Waals surface area contributed by atoms with Crippen molar-refractivity contribution in [1.82, 2.24) is 9.97 Å². The van der Waals surface area contributed by atoms with E-state index in [0.717, 1.165) is 33.8 Å². The van der Waals surface area contributed by atoms with E-state index in [9.17, 15) is 4.79 Å². The number of anilines is 1. The molecule has 1 aromatic heterocycles. The van der Waals surface area contributed by atoms with Crippen molar-refractivity contribution in [2.24, 2.45) is 5.16 Å². The molecule has 1 saturated carbocycles. The maximum Gasteiger partial charge on any atom is 0.268 e. The maximum absolute atomic E-state index is 12.6. The third-order valence-electron chi connectivity index (χ3n) is 5.33. The van der Waals surface area contributed by atoms with Gasteiger partial charge in [-0.2, -0.15) is 0 Å². The topological polar surface area (TPSA) is 79.4 Å². The number of oxime groups is 1. The zero-order chi connectivity index (χ0) is 18.2. The van der Waals surface area contributed by atoms with Gasteiger partial charge in [-0.1, -0.05) is 41.9 Å². The van der Waals surface area contributed by atoms with Crippen LogP contribution in [0.4, 0.5) is 5.69 Å². The molecule has 1 atom stereocenters. The Morgan fingerprint density at radius 2 is 2.00 bits per heavy atom. The molecule has 0 bridgehead atoms. The summed E-state index contributed by atoms with van der Waals surface area (Å²) in [6.45, 7) is 0. The quantitative estimate of drug-likeness (QED) is 0.739. The fourth-order valence-corrected chi connectivity index (χ4v) is 3.52. The van der Waals surface area contributed by atoms with Crippen molar-refractivity contribution < 1.29 is 9.63 Å². The molecule has 1 amide bonds. The number of benzene rings is 2. The molecule has 0 spiro atoms. The van der Waals surface area contributed by atoms with Gasteiger partial charge in [0.1, 0.15) is 5.82 Å². The first kappa shape index (κ1) is 16.1. The van der Waals surface area contributed by atoms with E-state index in [1.807, 2.05) is 48.5 Å². The van der Waals surface area contributed by atoms with E-state index >= 15 is 0 Å². The molecule has 2 N–H and O–H groups in total. The van der Waals surface area contributed by atoms with Crippen molar-refractivity contribution in [1.29, 1.82) is 0 Å². The highest BCUT2D eigenvalue weighted by Gasteiger charge is 2.29. The lowest BCUT2D eigenvalue weighted by molar-refractivity contribution is -0.125. The largest absolute Gasteiger partial charge is 0.382 e. The van der Waals surface area contributed by atoms with Gasteiger partial charge in [0, 0.05) is 18.0 Å². The Hall–Kier alpha value is -3.15. The van der Waals surface area contributed by atoms with E-state index in [4.69, 9.17) is 4.84 Å². The molecule has 1 fully saturated rings. The first-order valence-corrected chi connectivity index (χ1v) is 9.35. The summed E-state index contributed by atoms with van der Waals surface area (Å²) in [4.78, 5) is 26.0. The van der Waals surface area contributed by atoms with E-state index in [1.165, 1.54) is 19.3 Å². The molecule has 1 aliphatic heterocycles. The van der Waals surface area contributed by atoms with E-state index < -0.39 is 6.10 Å². The van der Waals surface area contributed by atoms with Gasteiger partial charge in [0.2, 0.25) is 6.10 Å². The fraction of sp³-hybridized carbons (Fsp3) is 0.286. The standard InChI is InChI=1S/C21H20N4O2/c26-21(19-12-17(25-27-19)13-5-2-1-3-6-13)22-15-9-10-16-18(11-15)24-20(23-16)14-7-4-8-14/h1-3,5-6,9-11,14,19H,4,7-8,12H2,(H,22,26)(H,23,24). The third-order valence-corrected chi connectivity index (χ3v) is 5.33. The van der Waals surface area contributed by atoms with Crippen molar-refractivity contribution in [3.63, 3.8) is 0 Å². The van der Waals surface area contributed by atoms with Gasteiger partial charge in [-0.15, -0.1) is 0 Å². The van der Waals surface area contributed by atoms with Crippen LogP contribution in [0.3, 0.4) is 0 Å². The molecule has 1 aliphatic carbocycles. The Morgan fingerprint density at radius 1 is 1.15 bits per heavy atom. The SMILES string of the molecule is O=C(Nc1ccc2nc(C3CCC3)[nH]c2c1)C1CC(c2ccccc2)=NO1. The van der Waals surface area contributed by atoms with Gasteiger partial charge in [-0.05, 0) is 36.6 Å². The number of hydrogen-bond acceptors (Lipinski definition) is 4. The summed E-state index contributed by atoms with van der Waals surface area (Å²) in [6.07, 6.45) is 3.53. The summed E-state index contributed by atoms with van der Waals surface area (Å²) in [7, 11) is 0. The average molecular weight is 360 g/mol. The lowest BCUT2D eigenvalue weighted by Gasteiger charge is -2.22. The highest BCUT2D eigenvalue weighted by atomic mass is 16.6. The molecular weight excluding hydrogens is 340 g/mol. The second kappa shape index (κ2) is 6.54. The number of carbonyl (C=O) groups excluding carboxylic acids is 1. The Labute approximate surface area is 156 Å². The summed E-state index contributed by atoms with van der Waals surface area (Å²) >= 11 is 0. The van der Waals surface area contributed by atoms with Crippen molar-refractivity contribution in [2.75, 3.05) is 5.32 Å². The molecule has 5 rings (SSSR count). The van der Waals surface area contributed by atoms with Gasteiger partial charge in [-0.3, -0.25) is 4.79 Å². The average Bonchev–Trinajstić information content (AvgIpc) is 3.27. The number of fused-ring (bicyclic) bond motifs is 1. The molecule has 0 radical (unpaired) electrons. The van der Waals surface area contributed by atoms with Gasteiger partial charge >= 0.3 is 0 Å². The number of amides is 1. The number of carbonyl (C=O) groups is 1. The normalized spacial score (nSPS) is 19.4. The van der Waals surface area contributed by atoms with Crippen LogP contribution in [0.5, 0.6) is 0 Å². The molecule has 27 heavy (non-hydrogen) atoms. The van der Waals surface area contributed by atoms with Crippen LogP contribution in [0, 0.1) is 0 Å². The predicted molar refractivity (Wildman–Crippen MR) is 104 cm³/mol. The summed E-state index contributed by atoms with van der Waals surface area (Å²) in [5.74, 6) is 1.42. The number of aromatic nitrogens is 2. The number of nitrogens with zero attached hydrogens (tertiary/aromatic N) is 2. The number of H-pyrrole nitrogens is 1. The molecule has 1 unspecified atom stereocenters. The van der Waals surface area contributed by atoms with Crippen LogP contribution in [0.1, 0.15) is 43.0 Å². The van der Waals surface area contributed by atoms with Crippen molar-refractivity contribution in [3.05, 3.63) is 59.9 Å². The van der Waals surface area contributed by atoms with Gasteiger partial charge < -0.3 is 15.1 Å². The minimum absolute atomic E-state index is 0.192. The minimum Gasteiger partial charge on any atom is -0.382 e. The molecule has 2 aliphatic rings. The molecular formula is C21H20N4O2. The molecule has 2 aromatic carbocycles. The number of hydrogen-bond donors (Lipinski definition) is 2. The molecule has 6 nitrogen and oxygen atoms in total. The van der Waals surface area contributed by atoms with Crippen molar-refractivity contribution >= 4 is 28.3 Å². The second-order valence-electron chi connectivity index (χ2n) is 7.17. The minimum atomic E-state index is -0.608. The lowest BCUT2D eigenvalue weighted by atomic mass is 9.85. The first-order chi connectivity index (χ1) is 13.3. The molecule has 2 heterocycles.